The Morgan fingerprint density at radius 2 is 1.85 bits per heavy atom. The quantitative estimate of drug-likeness (QED) is 0.871. The van der Waals surface area contributed by atoms with Gasteiger partial charge < -0.3 is 10.2 Å². The van der Waals surface area contributed by atoms with E-state index in [1.165, 1.54) is 11.3 Å². The Bertz CT molecular complexity index is 777. The van der Waals surface area contributed by atoms with Crippen molar-refractivity contribution in [2.24, 2.45) is 7.05 Å². The number of halogens is 1. The maximum atomic E-state index is 6.70. The van der Waals surface area contributed by atoms with Gasteiger partial charge in [-0.2, -0.15) is 5.10 Å². The summed E-state index contributed by atoms with van der Waals surface area (Å²) < 4.78 is 1.94. The molecule has 2 aromatic rings. The molecule has 1 fully saturated rings. The van der Waals surface area contributed by atoms with Crippen LogP contribution in [0.1, 0.15) is 17.0 Å². The molecule has 0 radical (unpaired) electrons. The summed E-state index contributed by atoms with van der Waals surface area (Å²) in [6, 6.07) is 4.12. The van der Waals surface area contributed by atoms with E-state index in [2.05, 4.69) is 54.1 Å². The highest BCUT2D eigenvalue weighted by molar-refractivity contribution is 6.34. The summed E-state index contributed by atoms with van der Waals surface area (Å²) in [6.45, 7) is 12.8. The lowest BCUT2D eigenvalue weighted by Crippen LogP contribution is -2.46. The number of benzene rings is 1. The van der Waals surface area contributed by atoms with Crippen molar-refractivity contribution in [3.8, 4) is 11.1 Å². The molecule has 1 aromatic carbocycles. The van der Waals surface area contributed by atoms with Crippen LogP contribution in [-0.4, -0.2) is 61.0 Å². The Labute approximate surface area is 161 Å². The highest BCUT2D eigenvalue weighted by Gasteiger charge is 2.22. The van der Waals surface area contributed by atoms with Crippen molar-refractivity contribution in [3.05, 3.63) is 34.1 Å². The van der Waals surface area contributed by atoms with Crippen molar-refractivity contribution in [1.82, 2.24) is 20.0 Å². The van der Waals surface area contributed by atoms with Crippen molar-refractivity contribution in [2.45, 2.75) is 20.8 Å². The second-order valence-corrected chi connectivity index (χ2v) is 7.68. The van der Waals surface area contributed by atoms with E-state index in [-0.39, 0.29) is 0 Å². The molecule has 0 atom stereocenters. The lowest BCUT2D eigenvalue weighted by atomic mass is 9.98. The molecule has 26 heavy (non-hydrogen) atoms. The predicted molar refractivity (Wildman–Crippen MR) is 110 cm³/mol. The average Bonchev–Trinajstić information content (AvgIpc) is 2.88. The second kappa shape index (κ2) is 7.99. The van der Waals surface area contributed by atoms with Crippen LogP contribution >= 0.6 is 11.6 Å². The molecule has 0 saturated carbocycles. The fraction of sp³-hybridized carbons (Fsp3) is 0.550. The number of likely N-dealkylation sites (N-methyl/N-ethyl adjacent to an activating group) is 1. The summed E-state index contributed by atoms with van der Waals surface area (Å²) in [6.07, 6.45) is 0. The molecule has 5 nitrogen and oxygen atoms in total. The molecule has 0 spiro atoms. The third-order valence-corrected chi connectivity index (χ3v) is 5.75. The van der Waals surface area contributed by atoms with Crippen molar-refractivity contribution in [1.29, 1.82) is 0 Å². The summed E-state index contributed by atoms with van der Waals surface area (Å²) in [7, 11) is 4.16. The number of piperazine rings is 1. The Morgan fingerprint density at radius 1 is 1.15 bits per heavy atom. The molecule has 1 aliphatic rings. The van der Waals surface area contributed by atoms with Crippen LogP contribution in [0.4, 0.5) is 5.69 Å². The van der Waals surface area contributed by atoms with Gasteiger partial charge in [-0.15, -0.1) is 0 Å². The number of aryl methyl sites for hydroxylation is 3. The molecule has 0 aliphatic carbocycles. The molecular weight excluding hydrogens is 346 g/mol. The van der Waals surface area contributed by atoms with Gasteiger partial charge in [-0.3, -0.25) is 9.58 Å². The van der Waals surface area contributed by atoms with Crippen LogP contribution in [0.15, 0.2) is 12.1 Å². The lowest BCUT2D eigenvalue weighted by molar-refractivity contribution is 0.246. The summed E-state index contributed by atoms with van der Waals surface area (Å²) in [4.78, 5) is 4.87. The van der Waals surface area contributed by atoms with Crippen LogP contribution in [0.5, 0.6) is 0 Å². The van der Waals surface area contributed by atoms with Crippen molar-refractivity contribution < 1.29 is 0 Å². The molecule has 0 unspecified atom stereocenters. The van der Waals surface area contributed by atoms with E-state index in [0.717, 1.165) is 66.8 Å². The Kier molecular flexibility index (Phi) is 5.90. The monoisotopic (exact) mass is 375 g/mol. The molecule has 142 valence electrons. The Balaban J connectivity index is 1.94. The fourth-order valence-electron chi connectivity index (χ4n) is 3.87. The number of rotatable bonds is 5. The molecule has 0 bridgehead atoms. The summed E-state index contributed by atoms with van der Waals surface area (Å²) >= 11 is 6.70. The van der Waals surface area contributed by atoms with Crippen molar-refractivity contribution in [2.75, 3.05) is 51.2 Å². The standard InChI is InChI=1S/C20H30ClN5/c1-14-6-7-17(21)19(18-15(2)23-25(5)16(18)3)20(14)24(4)12-13-26-10-8-22-9-11-26/h6-7,22H,8-13H2,1-5H3. The van der Waals surface area contributed by atoms with E-state index in [4.69, 9.17) is 11.6 Å². The van der Waals surface area contributed by atoms with Gasteiger partial charge in [0.25, 0.3) is 0 Å². The van der Waals surface area contributed by atoms with Crippen LogP contribution in [0, 0.1) is 20.8 Å². The molecule has 2 heterocycles. The van der Waals surface area contributed by atoms with E-state index in [0.29, 0.717) is 0 Å². The summed E-state index contributed by atoms with van der Waals surface area (Å²) in [5.41, 5.74) is 6.89. The van der Waals surface area contributed by atoms with E-state index >= 15 is 0 Å². The number of anilines is 1. The normalized spacial score (nSPS) is 15.5. The number of nitrogens with one attached hydrogen (secondary N) is 1. The van der Waals surface area contributed by atoms with Gasteiger partial charge in [0.15, 0.2) is 0 Å². The number of hydrogen-bond acceptors (Lipinski definition) is 4. The number of nitrogens with zero attached hydrogens (tertiary/aromatic N) is 4. The van der Waals surface area contributed by atoms with Crippen LogP contribution in [-0.2, 0) is 7.05 Å². The Morgan fingerprint density at radius 3 is 2.46 bits per heavy atom. The van der Waals surface area contributed by atoms with Crippen molar-refractivity contribution >= 4 is 17.3 Å². The maximum Gasteiger partial charge on any atom is 0.0676 e. The number of hydrogen-bond donors (Lipinski definition) is 1. The number of aromatic nitrogens is 2. The smallest absolute Gasteiger partial charge is 0.0676 e. The first-order valence-electron chi connectivity index (χ1n) is 9.34. The summed E-state index contributed by atoms with van der Waals surface area (Å²) in [5, 5.41) is 8.81. The van der Waals surface area contributed by atoms with Gasteiger partial charge in [-0.25, -0.2) is 0 Å². The van der Waals surface area contributed by atoms with Crippen LogP contribution in [0.2, 0.25) is 5.02 Å². The molecule has 0 amide bonds. The average molecular weight is 376 g/mol. The molecule has 1 N–H and O–H groups in total. The third-order valence-electron chi connectivity index (χ3n) is 5.43. The second-order valence-electron chi connectivity index (χ2n) is 7.27. The largest absolute Gasteiger partial charge is 0.373 e. The first-order valence-corrected chi connectivity index (χ1v) is 9.71. The fourth-order valence-corrected chi connectivity index (χ4v) is 4.12. The lowest BCUT2D eigenvalue weighted by Gasteiger charge is -2.31. The van der Waals surface area contributed by atoms with Gasteiger partial charge in [-0.1, -0.05) is 17.7 Å². The topological polar surface area (TPSA) is 36.3 Å². The highest BCUT2D eigenvalue weighted by atomic mass is 35.5. The van der Waals surface area contributed by atoms with Crippen LogP contribution in [0.25, 0.3) is 11.1 Å². The zero-order valence-electron chi connectivity index (χ0n) is 16.6. The minimum Gasteiger partial charge on any atom is -0.373 e. The predicted octanol–water partition coefficient (Wildman–Crippen LogP) is 3.01. The molecule has 1 aromatic heterocycles. The van der Waals surface area contributed by atoms with Gasteiger partial charge in [0.2, 0.25) is 0 Å². The van der Waals surface area contributed by atoms with Gasteiger partial charge in [0.1, 0.15) is 0 Å². The van der Waals surface area contributed by atoms with E-state index in [1.807, 2.05) is 17.8 Å². The first kappa shape index (κ1) is 19.2. The zero-order valence-corrected chi connectivity index (χ0v) is 17.3. The van der Waals surface area contributed by atoms with Gasteiger partial charge in [-0.05, 0) is 32.4 Å². The van der Waals surface area contributed by atoms with Gasteiger partial charge >= 0.3 is 0 Å². The molecule has 6 heteroatoms. The Hall–Kier alpha value is -1.56. The van der Waals surface area contributed by atoms with Crippen LogP contribution < -0.4 is 10.2 Å². The van der Waals surface area contributed by atoms with E-state index in [9.17, 15) is 0 Å². The van der Waals surface area contributed by atoms with E-state index < -0.39 is 0 Å². The van der Waals surface area contributed by atoms with Crippen molar-refractivity contribution in [3.63, 3.8) is 0 Å². The zero-order chi connectivity index (χ0) is 18.8. The van der Waals surface area contributed by atoms with Gasteiger partial charge in [0, 0.05) is 75.9 Å². The molecule has 1 aliphatic heterocycles. The molecule has 3 rings (SSSR count). The third kappa shape index (κ3) is 3.75. The minimum atomic E-state index is 0.791. The molecule has 1 saturated heterocycles. The van der Waals surface area contributed by atoms with Gasteiger partial charge in [0.05, 0.1) is 10.7 Å². The highest BCUT2D eigenvalue weighted by Crippen LogP contribution is 2.41. The molecular formula is C20H30ClN5. The van der Waals surface area contributed by atoms with E-state index in [1.54, 1.807) is 0 Å². The first-order chi connectivity index (χ1) is 12.4. The summed E-state index contributed by atoms with van der Waals surface area (Å²) in [5.74, 6) is 0. The maximum absolute atomic E-state index is 6.70. The SMILES string of the molecule is Cc1ccc(Cl)c(-c2c(C)nn(C)c2C)c1N(C)CCN1CCNCC1. The van der Waals surface area contributed by atoms with Crippen LogP contribution in [0.3, 0.4) is 0 Å². The minimum absolute atomic E-state index is 0.791.